The summed E-state index contributed by atoms with van der Waals surface area (Å²) in [6.07, 6.45) is 1.92. The first-order valence-corrected chi connectivity index (χ1v) is 19.8. The fourth-order valence-electron chi connectivity index (χ4n) is 5.41. The summed E-state index contributed by atoms with van der Waals surface area (Å²) in [6.45, 7) is 1.76. The number of nitrogens with one attached hydrogen (secondary N) is 4. The van der Waals surface area contributed by atoms with Crippen molar-refractivity contribution in [1.29, 1.82) is 0 Å². The SMILES string of the molecule is CSCCOCCOCCNC(=O)CCC(NC(=O)c1cccc(O)c1O)C(=O)N(CCCNC(=O)c1cccc(O)c1O)CCCNC(=O)c1cccc(O)c1O. The first-order valence-electron chi connectivity index (χ1n) is 18.5. The molecule has 19 heteroatoms. The molecule has 0 aliphatic carbocycles. The minimum atomic E-state index is -1.33. The second-order valence-corrected chi connectivity index (χ2v) is 13.7. The molecule has 3 aromatic carbocycles. The van der Waals surface area contributed by atoms with Crippen LogP contribution < -0.4 is 21.3 Å². The molecule has 0 heterocycles. The van der Waals surface area contributed by atoms with Gasteiger partial charge in [-0.15, -0.1) is 0 Å². The molecule has 1 atom stereocenters. The highest BCUT2D eigenvalue weighted by Gasteiger charge is 2.28. The monoisotopic (exact) mass is 829 g/mol. The van der Waals surface area contributed by atoms with E-state index >= 15 is 0 Å². The van der Waals surface area contributed by atoms with E-state index in [1.807, 2.05) is 6.26 Å². The van der Waals surface area contributed by atoms with Crippen LogP contribution in [0.5, 0.6) is 34.5 Å². The number of carbonyl (C=O) groups excluding carboxylic acids is 5. The molecule has 316 valence electrons. The van der Waals surface area contributed by atoms with E-state index in [9.17, 15) is 54.6 Å². The van der Waals surface area contributed by atoms with Crippen LogP contribution in [0.3, 0.4) is 0 Å². The Morgan fingerprint density at radius 3 is 1.57 bits per heavy atom. The standard InChI is InChI=1S/C39H51N5O13S/c1-58-24-23-57-22-21-56-20-17-40-32(48)14-13-28(43-38(54)27-9-4-12-31(47)35(27)51)39(55)44(18-5-15-41-36(52)25-7-2-10-29(45)33(25)49)19-6-16-42-37(53)26-8-3-11-30(46)34(26)50/h2-4,7-12,28,45-47,49-51H,5-6,13-24H2,1H3,(H,40,48)(H,41,52)(H,42,53)(H,43,54). The highest BCUT2D eigenvalue weighted by atomic mass is 32.2. The normalized spacial score (nSPS) is 11.3. The molecule has 0 spiro atoms. The summed E-state index contributed by atoms with van der Waals surface area (Å²) in [6, 6.07) is 10.2. The summed E-state index contributed by atoms with van der Waals surface area (Å²) in [4.78, 5) is 67.1. The number of phenolic OH excluding ortho intramolecular Hbond substituents is 6. The molecule has 0 aliphatic heterocycles. The van der Waals surface area contributed by atoms with Crippen molar-refractivity contribution in [3.05, 3.63) is 71.3 Å². The summed E-state index contributed by atoms with van der Waals surface area (Å²) >= 11 is 1.66. The number of para-hydroxylation sites is 3. The maximum absolute atomic E-state index is 14.2. The summed E-state index contributed by atoms with van der Waals surface area (Å²) in [5, 5.41) is 70.5. The van der Waals surface area contributed by atoms with E-state index < -0.39 is 70.1 Å². The molecule has 58 heavy (non-hydrogen) atoms. The van der Waals surface area contributed by atoms with Crippen LogP contribution in [-0.4, -0.2) is 142 Å². The molecule has 0 aromatic heterocycles. The number of hydrogen-bond donors (Lipinski definition) is 10. The van der Waals surface area contributed by atoms with Crippen molar-refractivity contribution < 1.29 is 64.1 Å². The lowest BCUT2D eigenvalue weighted by Crippen LogP contribution is -2.50. The van der Waals surface area contributed by atoms with E-state index in [0.717, 1.165) is 5.75 Å². The maximum atomic E-state index is 14.2. The van der Waals surface area contributed by atoms with Crippen LogP contribution in [0.15, 0.2) is 54.6 Å². The third-order valence-electron chi connectivity index (χ3n) is 8.51. The second-order valence-electron chi connectivity index (χ2n) is 12.7. The Labute approximate surface area is 339 Å². The number of aromatic hydroxyl groups is 6. The number of ether oxygens (including phenoxy) is 2. The van der Waals surface area contributed by atoms with Crippen LogP contribution in [0.2, 0.25) is 0 Å². The fourth-order valence-corrected chi connectivity index (χ4v) is 5.70. The van der Waals surface area contributed by atoms with Gasteiger partial charge in [0.25, 0.3) is 17.7 Å². The third kappa shape index (κ3) is 14.9. The lowest BCUT2D eigenvalue weighted by Gasteiger charge is -2.28. The van der Waals surface area contributed by atoms with Gasteiger partial charge in [0.15, 0.2) is 34.5 Å². The van der Waals surface area contributed by atoms with Gasteiger partial charge in [0.1, 0.15) is 6.04 Å². The summed E-state index contributed by atoms with van der Waals surface area (Å²) < 4.78 is 10.9. The average molecular weight is 830 g/mol. The van der Waals surface area contributed by atoms with Crippen molar-refractivity contribution in [1.82, 2.24) is 26.2 Å². The van der Waals surface area contributed by atoms with Crippen molar-refractivity contribution in [2.24, 2.45) is 0 Å². The van der Waals surface area contributed by atoms with E-state index in [4.69, 9.17) is 9.47 Å². The first kappa shape index (κ1) is 46.5. The van der Waals surface area contributed by atoms with Crippen LogP contribution in [0.1, 0.15) is 56.8 Å². The van der Waals surface area contributed by atoms with Gasteiger partial charge in [-0.2, -0.15) is 11.8 Å². The van der Waals surface area contributed by atoms with Crippen LogP contribution in [0.4, 0.5) is 0 Å². The molecular formula is C39H51N5O13S. The minimum absolute atomic E-state index is 0.000699. The molecule has 18 nitrogen and oxygen atoms in total. The van der Waals surface area contributed by atoms with Gasteiger partial charge in [-0.3, -0.25) is 24.0 Å². The molecule has 10 N–H and O–H groups in total. The molecule has 0 aliphatic rings. The lowest BCUT2D eigenvalue weighted by atomic mass is 10.1. The van der Waals surface area contributed by atoms with Crippen molar-refractivity contribution in [3.8, 4) is 34.5 Å². The van der Waals surface area contributed by atoms with Crippen LogP contribution in [0.25, 0.3) is 0 Å². The smallest absolute Gasteiger partial charge is 0.255 e. The Kier molecular flexibility index (Phi) is 19.8. The number of hydrogen-bond acceptors (Lipinski definition) is 14. The van der Waals surface area contributed by atoms with Crippen LogP contribution >= 0.6 is 11.8 Å². The topological polar surface area (TPSA) is 277 Å². The largest absolute Gasteiger partial charge is 0.504 e. The van der Waals surface area contributed by atoms with Gasteiger partial charge in [-0.25, -0.2) is 0 Å². The zero-order valence-electron chi connectivity index (χ0n) is 32.1. The van der Waals surface area contributed by atoms with Crippen molar-refractivity contribution >= 4 is 41.3 Å². The highest BCUT2D eigenvalue weighted by molar-refractivity contribution is 7.98. The quantitative estimate of drug-likeness (QED) is 0.0431. The van der Waals surface area contributed by atoms with Crippen LogP contribution in [-0.2, 0) is 19.1 Å². The van der Waals surface area contributed by atoms with E-state index in [1.165, 1.54) is 59.5 Å². The zero-order chi connectivity index (χ0) is 42.5. The summed E-state index contributed by atoms with van der Waals surface area (Å²) in [7, 11) is 0. The van der Waals surface area contributed by atoms with Crippen molar-refractivity contribution in [3.63, 3.8) is 0 Å². The van der Waals surface area contributed by atoms with Gasteiger partial charge in [0, 0.05) is 44.9 Å². The minimum Gasteiger partial charge on any atom is -0.504 e. The van der Waals surface area contributed by atoms with Crippen molar-refractivity contribution in [2.45, 2.75) is 31.7 Å². The lowest BCUT2D eigenvalue weighted by molar-refractivity contribution is -0.133. The van der Waals surface area contributed by atoms with Crippen molar-refractivity contribution in [2.75, 3.05) is 71.2 Å². The molecule has 0 radical (unpaired) electrons. The number of thioether (sulfide) groups is 1. The van der Waals surface area contributed by atoms with Gasteiger partial charge < -0.3 is 66.3 Å². The fraction of sp³-hybridized carbons (Fsp3) is 0.410. The van der Waals surface area contributed by atoms with Crippen LogP contribution in [0, 0.1) is 0 Å². The maximum Gasteiger partial charge on any atom is 0.255 e. The highest BCUT2D eigenvalue weighted by Crippen LogP contribution is 2.30. The molecule has 0 fully saturated rings. The van der Waals surface area contributed by atoms with E-state index in [2.05, 4.69) is 21.3 Å². The predicted molar refractivity (Wildman–Crippen MR) is 213 cm³/mol. The summed E-state index contributed by atoms with van der Waals surface area (Å²) in [5.41, 5.74) is -0.654. The Morgan fingerprint density at radius 2 is 1.09 bits per heavy atom. The molecule has 0 saturated heterocycles. The molecule has 3 rings (SSSR count). The number of carbonyl (C=O) groups is 5. The van der Waals surface area contributed by atoms with Gasteiger partial charge in [0.05, 0.1) is 43.1 Å². The van der Waals surface area contributed by atoms with Gasteiger partial charge in [0.2, 0.25) is 11.8 Å². The third-order valence-corrected chi connectivity index (χ3v) is 9.08. The van der Waals surface area contributed by atoms with E-state index in [0.29, 0.717) is 19.8 Å². The number of phenols is 6. The average Bonchev–Trinajstić information content (AvgIpc) is 3.20. The molecule has 3 aromatic rings. The summed E-state index contributed by atoms with van der Waals surface area (Å²) in [5.74, 6) is -5.91. The molecular weight excluding hydrogens is 779 g/mol. The zero-order valence-corrected chi connectivity index (χ0v) is 32.9. The Hall–Kier alpha value is -5.92. The predicted octanol–water partition coefficient (Wildman–Crippen LogP) is 1.78. The van der Waals surface area contributed by atoms with E-state index in [-0.39, 0.29) is 81.7 Å². The molecule has 0 saturated carbocycles. The number of rotatable bonds is 25. The number of benzene rings is 3. The molecule has 5 amide bonds. The van der Waals surface area contributed by atoms with Gasteiger partial charge in [-0.1, -0.05) is 18.2 Å². The molecule has 1 unspecified atom stereocenters. The Bertz CT molecular complexity index is 1780. The Balaban J connectivity index is 1.71. The van der Waals surface area contributed by atoms with Gasteiger partial charge >= 0.3 is 0 Å². The van der Waals surface area contributed by atoms with E-state index in [1.54, 1.807) is 11.8 Å². The van der Waals surface area contributed by atoms with Gasteiger partial charge in [-0.05, 0) is 61.9 Å². The molecule has 0 bridgehead atoms. The Morgan fingerprint density at radius 1 is 0.621 bits per heavy atom. The second kappa shape index (κ2) is 24.7. The number of amides is 5. The number of nitrogens with zero attached hydrogens (tertiary/aromatic N) is 1. The first-order chi connectivity index (χ1) is 27.8.